The highest BCUT2D eigenvalue weighted by Gasteiger charge is 2.38. The van der Waals surface area contributed by atoms with Crippen molar-refractivity contribution < 1.29 is 34.6 Å². The smallest absolute Gasteiger partial charge is 0.339 e. The summed E-state index contributed by atoms with van der Waals surface area (Å²) in [4.78, 5) is 1.43. The Morgan fingerprint density at radius 3 is 2.06 bits per heavy atom. The minimum atomic E-state index is -5.04. The van der Waals surface area contributed by atoms with Crippen molar-refractivity contribution in [3.63, 3.8) is 0 Å². The normalized spacial score (nSPS) is 18.4. The van der Waals surface area contributed by atoms with E-state index < -0.39 is 61.7 Å². The Balaban J connectivity index is 1.68. The molecule has 0 saturated carbocycles. The van der Waals surface area contributed by atoms with E-state index in [1.807, 2.05) is 35.2 Å². The van der Waals surface area contributed by atoms with Crippen LogP contribution >= 0.6 is 0 Å². The van der Waals surface area contributed by atoms with Gasteiger partial charge in [0, 0.05) is 25.6 Å². The highest BCUT2D eigenvalue weighted by atomic mass is 32.2. The van der Waals surface area contributed by atoms with Gasteiger partial charge in [-0.25, -0.2) is 13.2 Å². The van der Waals surface area contributed by atoms with Gasteiger partial charge in [-0.1, -0.05) is 48.5 Å². The van der Waals surface area contributed by atoms with Crippen LogP contribution in [0.2, 0.25) is 0 Å². The Morgan fingerprint density at radius 1 is 0.857 bits per heavy atom. The SMILES string of the molecule is N#C[C@H]1CN(Cc2ccccc2)C[C@@H]1c1ccccc1S(=O)(=O)Oc1c(F)c(F)c(F)c(F)c1F. The molecule has 0 spiro atoms. The second-order valence-corrected chi connectivity index (χ2v) is 9.51. The molecule has 1 aliphatic heterocycles. The van der Waals surface area contributed by atoms with Gasteiger partial charge in [0.25, 0.3) is 0 Å². The van der Waals surface area contributed by atoms with E-state index in [4.69, 9.17) is 0 Å². The maximum absolute atomic E-state index is 14.1. The van der Waals surface area contributed by atoms with Crippen LogP contribution in [0.15, 0.2) is 59.5 Å². The van der Waals surface area contributed by atoms with Gasteiger partial charge in [0.15, 0.2) is 0 Å². The minimum absolute atomic E-state index is 0.137. The third kappa shape index (κ3) is 4.72. The van der Waals surface area contributed by atoms with E-state index in [0.29, 0.717) is 19.6 Å². The lowest BCUT2D eigenvalue weighted by Crippen LogP contribution is -2.21. The molecule has 1 heterocycles. The van der Waals surface area contributed by atoms with Crippen LogP contribution in [0.4, 0.5) is 22.0 Å². The maximum Gasteiger partial charge on any atom is 0.339 e. The third-order valence-electron chi connectivity index (χ3n) is 5.76. The Kier molecular flexibility index (Phi) is 6.78. The van der Waals surface area contributed by atoms with Crippen molar-refractivity contribution in [1.82, 2.24) is 4.90 Å². The molecule has 3 aromatic rings. The van der Waals surface area contributed by atoms with Gasteiger partial charge in [-0.05, 0) is 17.2 Å². The monoisotopic (exact) mass is 508 g/mol. The van der Waals surface area contributed by atoms with Crippen molar-refractivity contribution in [2.45, 2.75) is 17.4 Å². The van der Waals surface area contributed by atoms with Crippen molar-refractivity contribution in [2.24, 2.45) is 5.92 Å². The molecule has 0 N–H and O–H groups in total. The van der Waals surface area contributed by atoms with Crippen molar-refractivity contribution in [3.8, 4) is 11.8 Å². The maximum atomic E-state index is 14.1. The Labute approximate surface area is 198 Å². The Bertz CT molecular complexity index is 1380. The van der Waals surface area contributed by atoms with E-state index in [9.17, 15) is 35.6 Å². The first-order valence-electron chi connectivity index (χ1n) is 10.3. The van der Waals surface area contributed by atoms with E-state index in [2.05, 4.69) is 10.3 Å². The molecule has 4 rings (SSSR count). The van der Waals surface area contributed by atoms with Crippen LogP contribution in [-0.2, 0) is 16.7 Å². The number of hydrogen-bond donors (Lipinski definition) is 0. The van der Waals surface area contributed by atoms with E-state index in [0.717, 1.165) is 11.6 Å². The lowest BCUT2D eigenvalue weighted by molar-refractivity contribution is 0.322. The average Bonchev–Trinajstić information content (AvgIpc) is 3.27. The summed E-state index contributed by atoms with van der Waals surface area (Å²) in [6.45, 7) is 1.14. The molecule has 0 aliphatic carbocycles. The van der Waals surface area contributed by atoms with Crippen LogP contribution in [0, 0.1) is 46.3 Å². The largest absolute Gasteiger partial charge is 0.372 e. The molecule has 0 amide bonds. The van der Waals surface area contributed by atoms with Crippen molar-refractivity contribution in [1.29, 1.82) is 5.26 Å². The first kappa shape index (κ1) is 24.6. The zero-order chi connectivity index (χ0) is 25.3. The summed E-state index contributed by atoms with van der Waals surface area (Å²) in [6.07, 6.45) is 0. The van der Waals surface area contributed by atoms with Crippen molar-refractivity contribution in [3.05, 3.63) is 94.8 Å². The number of rotatable bonds is 6. The fourth-order valence-electron chi connectivity index (χ4n) is 4.13. The molecular weight excluding hydrogens is 491 g/mol. The molecule has 11 heteroatoms. The highest BCUT2D eigenvalue weighted by molar-refractivity contribution is 7.87. The Hall–Kier alpha value is -3.49. The van der Waals surface area contributed by atoms with Gasteiger partial charge in [-0.3, -0.25) is 4.90 Å². The van der Waals surface area contributed by atoms with Gasteiger partial charge in [-0.15, -0.1) is 0 Å². The molecule has 3 aromatic carbocycles. The summed E-state index contributed by atoms with van der Waals surface area (Å²) in [5.74, 6) is -15.1. The van der Waals surface area contributed by atoms with Crippen LogP contribution in [-0.4, -0.2) is 26.4 Å². The number of halogens is 5. The predicted molar refractivity (Wildman–Crippen MR) is 114 cm³/mol. The van der Waals surface area contributed by atoms with Gasteiger partial charge in [0.05, 0.1) is 12.0 Å². The third-order valence-corrected chi connectivity index (χ3v) is 7.06. The van der Waals surface area contributed by atoms with E-state index in [1.54, 1.807) is 0 Å². The van der Waals surface area contributed by atoms with Crippen molar-refractivity contribution >= 4 is 10.1 Å². The van der Waals surface area contributed by atoms with Crippen molar-refractivity contribution in [2.75, 3.05) is 13.1 Å². The van der Waals surface area contributed by atoms with Gasteiger partial charge in [0.2, 0.25) is 34.8 Å². The fourth-order valence-corrected chi connectivity index (χ4v) is 5.34. The molecule has 0 aromatic heterocycles. The summed E-state index contributed by atoms with van der Waals surface area (Å²) < 4.78 is 98.9. The second-order valence-electron chi connectivity index (χ2n) is 8.00. The number of nitriles is 1. The van der Waals surface area contributed by atoms with Crippen LogP contribution in [0.5, 0.6) is 5.75 Å². The molecule has 0 bridgehead atoms. The lowest BCUT2D eigenvalue weighted by atomic mass is 9.90. The fraction of sp³-hybridized carbons (Fsp3) is 0.208. The van der Waals surface area contributed by atoms with Gasteiger partial charge in [-0.2, -0.15) is 22.5 Å². The molecule has 0 unspecified atom stereocenters. The van der Waals surface area contributed by atoms with Crippen LogP contribution < -0.4 is 4.18 Å². The molecule has 1 saturated heterocycles. The zero-order valence-electron chi connectivity index (χ0n) is 17.9. The molecule has 35 heavy (non-hydrogen) atoms. The molecular formula is C24H17F5N2O3S. The minimum Gasteiger partial charge on any atom is -0.372 e. The number of nitrogens with zero attached hydrogens (tertiary/aromatic N) is 2. The number of likely N-dealkylation sites (tertiary alicyclic amines) is 1. The first-order valence-corrected chi connectivity index (χ1v) is 11.8. The average molecular weight is 508 g/mol. The van der Waals surface area contributed by atoms with Crippen LogP contribution in [0.3, 0.4) is 0 Å². The topological polar surface area (TPSA) is 70.4 Å². The van der Waals surface area contributed by atoms with Gasteiger partial charge < -0.3 is 4.18 Å². The summed E-state index contributed by atoms with van der Waals surface area (Å²) in [7, 11) is -5.04. The molecule has 0 radical (unpaired) electrons. The zero-order valence-corrected chi connectivity index (χ0v) is 18.7. The van der Waals surface area contributed by atoms with E-state index in [1.165, 1.54) is 18.2 Å². The van der Waals surface area contributed by atoms with E-state index >= 15 is 0 Å². The highest BCUT2D eigenvalue weighted by Crippen LogP contribution is 2.38. The molecule has 1 fully saturated rings. The summed E-state index contributed by atoms with van der Waals surface area (Å²) in [5.41, 5.74) is 1.12. The predicted octanol–water partition coefficient (Wildman–Crippen LogP) is 4.89. The summed E-state index contributed by atoms with van der Waals surface area (Å²) in [6, 6.07) is 16.9. The number of benzene rings is 3. The molecule has 182 valence electrons. The lowest BCUT2D eigenvalue weighted by Gasteiger charge is -2.19. The molecule has 2 atom stereocenters. The molecule has 1 aliphatic rings. The van der Waals surface area contributed by atoms with E-state index in [-0.39, 0.29) is 5.56 Å². The molecule has 5 nitrogen and oxygen atoms in total. The number of hydrogen-bond acceptors (Lipinski definition) is 5. The van der Waals surface area contributed by atoms with Crippen LogP contribution in [0.25, 0.3) is 0 Å². The summed E-state index contributed by atoms with van der Waals surface area (Å²) in [5, 5.41) is 9.69. The van der Waals surface area contributed by atoms with Gasteiger partial charge in [0.1, 0.15) is 4.90 Å². The standard InChI is InChI=1S/C24H17F5N2O3S/c25-19-20(26)22(28)24(23(29)21(19)27)34-35(32,33)18-9-5-4-8-16(18)17-13-31(12-15(17)10-30)11-14-6-2-1-3-7-14/h1-9,15,17H,11-13H2/t15-,17-/m0/s1. The van der Waals surface area contributed by atoms with Gasteiger partial charge >= 0.3 is 10.1 Å². The first-order chi connectivity index (χ1) is 16.6. The summed E-state index contributed by atoms with van der Waals surface area (Å²) >= 11 is 0. The second kappa shape index (κ2) is 9.64. The Morgan fingerprint density at radius 2 is 1.43 bits per heavy atom. The quantitative estimate of drug-likeness (QED) is 0.205. The van der Waals surface area contributed by atoms with Crippen LogP contribution in [0.1, 0.15) is 17.0 Å².